The topological polar surface area (TPSA) is 70.1 Å². The van der Waals surface area contributed by atoms with Crippen LogP contribution in [0.1, 0.15) is 19.4 Å². The summed E-state index contributed by atoms with van der Waals surface area (Å²) in [7, 11) is 0. The molecule has 2 amide bonds. The number of hydrogen-bond acceptors (Lipinski definition) is 4. The standard InChI is InChI=1S/C22H26N2O4/c1-21(2,18-8-7-16-5-3-4-6-17(16)11-18)20(27)24-14-22(15-24)13-23(9-10-28-22)19(26)12-25/h3-8,11,25H,9-10,12-15H2,1-2H3. The zero-order valence-electron chi connectivity index (χ0n) is 16.4. The number of morpholine rings is 1. The zero-order chi connectivity index (χ0) is 19.9. The van der Waals surface area contributed by atoms with Crippen LogP contribution in [0.4, 0.5) is 0 Å². The number of likely N-dealkylation sites (tertiary alicyclic amines) is 1. The Hall–Kier alpha value is -2.44. The van der Waals surface area contributed by atoms with Gasteiger partial charge in [0.1, 0.15) is 12.2 Å². The second-order valence-corrected chi connectivity index (χ2v) is 8.35. The maximum Gasteiger partial charge on any atom is 0.248 e. The molecule has 2 fully saturated rings. The first kappa shape index (κ1) is 18.9. The lowest BCUT2D eigenvalue weighted by Gasteiger charge is -2.55. The molecule has 6 heteroatoms. The van der Waals surface area contributed by atoms with E-state index in [-0.39, 0.29) is 11.8 Å². The molecule has 2 heterocycles. The highest BCUT2D eigenvalue weighted by Crippen LogP contribution is 2.35. The minimum Gasteiger partial charge on any atom is -0.387 e. The number of ether oxygens (including phenoxy) is 1. The molecule has 28 heavy (non-hydrogen) atoms. The van der Waals surface area contributed by atoms with E-state index in [4.69, 9.17) is 9.84 Å². The van der Waals surface area contributed by atoms with Gasteiger partial charge in [-0.3, -0.25) is 9.59 Å². The van der Waals surface area contributed by atoms with E-state index in [9.17, 15) is 9.59 Å². The molecule has 0 radical (unpaired) electrons. The lowest BCUT2D eigenvalue weighted by atomic mass is 9.80. The summed E-state index contributed by atoms with van der Waals surface area (Å²) < 4.78 is 5.91. The van der Waals surface area contributed by atoms with Crippen LogP contribution in [0.25, 0.3) is 10.8 Å². The van der Waals surface area contributed by atoms with Gasteiger partial charge in [-0.25, -0.2) is 0 Å². The van der Waals surface area contributed by atoms with Crippen LogP contribution >= 0.6 is 0 Å². The van der Waals surface area contributed by atoms with Crippen LogP contribution in [0.3, 0.4) is 0 Å². The van der Waals surface area contributed by atoms with Gasteiger partial charge in [0, 0.05) is 6.54 Å². The first-order chi connectivity index (χ1) is 13.3. The Labute approximate surface area is 164 Å². The second-order valence-electron chi connectivity index (χ2n) is 8.35. The molecule has 2 aliphatic heterocycles. The number of amides is 2. The van der Waals surface area contributed by atoms with Gasteiger partial charge in [0.15, 0.2) is 0 Å². The first-order valence-corrected chi connectivity index (χ1v) is 9.66. The van der Waals surface area contributed by atoms with E-state index in [0.29, 0.717) is 32.8 Å². The quantitative estimate of drug-likeness (QED) is 0.875. The van der Waals surface area contributed by atoms with Gasteiger partial charge in [-0.05, 0) is 30.2 Å². The normalized spacial score (nSPS) is 19.0. The Morgan fingerprint density at radius 1 is 1.07 bits per heavy atom. The summed E-state index contributed by atoms with van der Waals surface area (Å²) in [6.07, 6.45) is 0. The van der Waals surface area contributed by atoms with Gasteiger partial charge >= 0.3 is 0 Å². The van der Waals surface area contributed by atoms with Crippen LogP contribution in [-0.4, -0.2) is 71.7 Å². The third-order valence-electron chi connectivity index (χ3n) is 5.99. The molecule has 0 aliphatic carbocycles. The van der Waals surface area contributed by atoms with Crippen molar-refractivity contribution < 1.29 is 19.4 Å². The van der Waals surface area contributed by atoms with Crippen molar-refractivity contribution in [2.24, 2.45) is 0 Å². The Kier molecular flexibility index (Phi) is 4.63. The lowest BCUT2D eigenvalue weighted by Crippen LogP contribution is -2.73. The number of carbonyl (C=O) groups excluding carboxylic acids is 2. The van der Waals surface area contributed by atoms with Gasteiger partial charge in [0.05, 0.1) is 31.7 Å². The molecular formula is C22H26N2O4. The summed E-state index contributed by atoms with van der Waals surface area (Å²) in [6, 6.07) is 14.3. The van der Waals surface area contributed by atoms with E-state index in [0.717, 1.165) is 16.3 Å². The minimum atomic E-state index is -0.652. The largest absolute Gasteiger partial charge is 0.387 e. The highest BCUT2D eigenvalue weighted by atomic mass is 16.5. The fourth-order valence-electron chi connectivity index (χ4n) is 4.24. The van der Waals surface area contributed by atoms with Crippen molar-refractivity contribution in [2.75, 3.05) is 39.4 Å². The highest BCUT2D eigenvalue weighted by Gasteiger charge is 2.52. The molecule has 0 aromatic heterocycles. The number of benzene rings is 2. The SMILES string of the molecule is CC(C)(C(=O)N1CC2(CN(C(=O)CO)CCO2)C1)c1ccc2ccccc2c1. The molecule has 148 valence electrons. The van der Waals surface area contributed by atoms with Crippen LogP contribution in [0.15, 0.2) is 42.5 Å². The van der Waals surface area contributed by atoms with E-state index in [1.54, 1.807) is 4.90 Å². The number of carbonyl (C=O) groups is 2. The molecule has 1 spiro atoms. The predicted molar refractivity (Wildman–Crippen MR) is 106 cm³/mol. The Morgan fingerprint density at radius 2 is 1.75 bits per heavy atom. The van der Waals surface area contributed by atoms with Crippen LogP contribution < -0.4 is 0 Å². The summed E-state index contributed by atoms with van der Waals surface area (Å²) in [5.74, 6) is -0.230. The molecule has 2 aromatic carbocycles. The molecule has 4 rings (SSSR count). The Morgan fingerprint density at radius 3 is 2.46 bits per heavy atom. The van der Waals surface area contributed by atoms with E-state index in [1.165, 1.54) is 0 Å². The first-order valence-electron chi connectivity index (χ1n) is 9.66. The van der Waals surface area contributed by atoms with Gasteiger partial charge < -0.3 is 19.6 Å². The van der Waals surface area contributed by atoms with E-state index in [2.05, 4.69) is 24.3 Å². The highest BCUT2D eigenvalue weighted by molar-refractivity contribution is 5.91. The average Bonchev–Trinajstić information content (AvgIpc) is 2.70. The number of fused-ring (bicyclic) bond motifs is 1. The molecule has 6 nitrogen and oxygen atoms in total. The van der Waals surface area contributed by atoms with Crippen molar-refractivity contribution in [3.8, 4) is 0 Å². The summed E-state index contributed by atoms with van der Waals surface area (Å²) in [5.41, 5.74) is -0.169. The van der Waals surface area contributed by atoms with Gasteiger partial charge in [0.2, 0.25) is 11.8 Å². The van der Waals surface area contributed by atoms with E-state index >= 15 is 0 Å². The fraction of sp³-hybridized carbons (Fsp3) is 0.455. The van der Waals surface area contributed by atoms with Gasteiger partial charge in [0.25, 0.3) is 0 Å². The molecular weight excluding hydrogens is 356 g/mol. The molecule has 2 saturated heterocycles. The molecule has 0 saturated carbocycles. The smallest absolute Gasteiger partial charge is 0.248 e. The lowest BCUT2D eigenvalue weighted by molar-refractivity contribution is -0.197. The third kappa shape index (κ3) is 3.16. The van der Waals surface area contributed by atoms with Crippen LogP contribution in [0.5, 0.6) is 0 Å². The molecule has 1 N–H and O–H groups in total. The number of rotatable bonds is 3. The summed E-state index contributed by atoms with van der Waals surface area (Å²) in [6.45, 7) is 5.69. The average molecular weight is 382 g/mol. The van der Waals surface area contributed by atoms with E-state index < -0.39 is 17.6 Å². The molecule has 2 aromatic rings. The minimum absolute atomic E-state index is 0.0580. The molecule has 0 unspecified atom stereocenters. The van der Waals surface area contributed by atoms with Crippen LogP contribution in [-0.2, 0) is 19.7 Å². The number of aliphatic hydroxyl groups is 1. The summed E-state index contributed by atoms with van der Waals surface area (Å²) in [5, 5.41) is 11.4. The van der Waals surface area contributed by atoms with Crippen molar-refractivity contribution in [2.45, 2.75) is 24.9 Å². The molecule has 0 atom stereocenters. The van der Waals surface area contributed by atoms with Gasteiger partial charge in [-0.15, -0.1) is 0 Å². The fourth-order valence-corrected chi connectivity index (χ4v) is 4.24. The van der Waals surface area contributed by atoms with Crippen LogP contribution in [0, 0.1) is 0 Å². The van der Waals surface area contributed by atoms with Gasteiger partial charge in [-0.2, -0.15) is 0 Å². The molecule has 2 aliphatic rings. The van der Waals surface area contributed by atoms with E-state index in [1.807, 2.05) is 36.9 Å². The van der Waals surface area contributed by atoms with Crippen molar-refractivity contribution in [1.82, 2.24) is 9.80 Å². The predicted octanol–water partition coefficient (Wildman–Crippen LogP) is 1.55. The Balaban J connectivity index is 1.48. The monoisotopic (exact) mass is 382 g/mol. The number of nitrogens with zero attached hydrogens (tertiary/aromatic N) is 2. The van der Waals surface area contributed by atoms with Crippen molar-refractivity contribution in [1.29, 1.82) is 0 Å². The van der Waals surface area contributed by atoms with Crippen molar-refractivity contribution >= 4 is 22.6 Å². The van der Waals surface area contributed by atoms with Gasteiger partial charge in [-0.1, -0.05) is 42.5 Å². The van der Waals surface area contributed by atoms with Crippen LogP contribution in [0.2, 0.25) is 0 Å². The third-order valence-corrected chi connectivity index (χ3v) is 5.99. The van der Waals surface area contributed by atoms with Crippen molar-refractivity contribution in [3.63, 3.8) is 0 Å². The van der Waals surface area contributed by atoms with Crippen molar-refractivity contribution in [3.05, 3.63) is 48.0 Å². The maximum absolute atomic E-state index is 13.2. The molecule has 0 bridgehead atoms. The summed E-state index contributed by atoms with van der Waals surface area (Å²) in [4.78, 5) is 28.5. The Bertz CT molecular complexity index is 918. The number of aliphatic hydroxyl groups excluding tert-OH is 1. The summed E-state index contributed by atoms with van der Waals surface area (Å²) >= 11 is 0. The maximum atomic E-state index is 13.2. The number of hydrogen-bond donors (Lipinski definition) is 1. The second kappa shape index (κ2) is 6.87. The zero-order valence-corrected chi connectivity index (χ0v) is 16.4.